The molecule has 0 saturated carbocycles. The Morgan fingerprint density at radius 2 is 1.78 bits per heavy atom. The number of aliphatic hydroxyl groups is 2. The van der Waals surface area contributed by atoms with Crippen molar-refractivity contribution >= 4 is 11.7 Å². The number of rotatable bonds is 4. The molecule has 1 heterocycles. The highest BCUT2D eigenvalue weighted by molar-refractivity contribution is 5.97. The molecule has 0 aliphatic carbocycles. The summed E-state index contributed by atoms with van der Waals surface area (Å²) in [6.45, 7) is 2.72. The maximum absolute atomic E-state index is 13.1. The highest BCUT2D eigenvalue weighted by Crippen LogP contribution is 2.40. The van der Waals surface area contributed by atoms with Gasteiger partial charge in [0.2, 0.25) is 0 Å². The molecule has 3 rings (SSSR count). The van der Waals surface area contributed by atoms with Gasteiger partial charge < -0.3 is 20.3 Å². The predicted octanol–water partition coefficient (Wildman–Crippen LogP) is 2.00. The molecule has 7 heteroatoms. The van der Waals surface area contributed by atoms with Crippen LogP contribution in [-0.4, -0.2) is 40.2 Å². The lowest BCUT2D eigenvalue weighted by molar-refractivity contribution is -0.0627. The summed E-state index contributed by atoms with van der Waals surface area (Å²) in [5.41, 5.74) is -0.0858. The molecule has 142 valence electrons. The van der Waals surface area contributed by atoms with Gasteiger partial charge in [-0.15, -0.1) is 0 Å². The van der Waals surface area contributed by atoms with Gasteiger partial charge in [0.15, 0.2) is 5.78 Å². The predicted molar refractivity (Wildman–Crippen MR) is 95.2 cm³/mol. The molecular weight excluding hydrogens is 353 g/mol. The van der Waals surface area contributed by atoms with Crippen LogP contribution >= 0.6 is 0 Å². The molecular formula is C20H20FNO5. The number of nitrogens with one attached hydrogen (secondary N) is 1. The quantitative estimate of drug-likeness (QED) is 0.713. The molecule has 2 unspecified atom stereocenters. The van der Waals surface area contributed by atoms with E-state index in [1.165, 1.54) is 36.4 Å². The van der Waals surface area contributed by atoms with Crippen LogP contribution in [0, 0.1) is 5.82 Å². The second-order valence-corrected chi connectivity index (χ2v) is 6.94. The zero-order valence-electron chi connectivity index (χ0n) is 14.9. The van der Waals surface area contributed by atoms with E-state index in [1.54, 1.807) is 19.9 Å². The van der Waals surface area contributed by atoms with E-state index in [0.717, 1.165) is 0 Å². The summed E-state index contributed by atoms with van der Waals surface area (Å²) in [5, 5.41) is 22.6. The molecule has 1 amide bonds. The summed E-state index contributed by atoms with van der Waals surface area (Å²) in [4.78, 5) is 24.4. The van der Waals surface area contributed by atoms with Gasteiger partial charge in [-0.2, -0.15) is 0 Å². The molecule has 0 spiro atoms. The third-order valence-electron chi connectivity index (χ3n) is 4.60. The van der Waals surface area contributed by atoms with Crippen molar-refractivity contribution < 1.29 is 28.9 Å². The maximum Gasteiger partial charge on any atom is 0.251 e. The minimum Gasteiger partial charge on any atom is -0.485 e. The van der Waals surface area contributed by atoms with Gasteiger partial charge in [-0.3, -0.25) is 9.59 Å². The van der Waals surface area contributed by atoms with Crippen LogP contribution < -0.4 is 10.1 Å². The van der Waals surface area contributed by atoms with Gasteiger partial charge in [0.1, 0.15) is 29.9 Å². The number of hydrogen-bond acceptors (Lipinski definition) is 5. The number of aliphatic hydroxyl groups excluding tert-OH is 2. The molecule has 27 heavy (non-hydrogen) atoms. The first-order chi connectivity index (χ1) is 12.7. The first-order valence-electron chi connectivity index (χ1n) is 8.44. The van der Waals surface area contributed by atoms with Gasteiger partial charge in [-0.25, -0.2) is 4.39 Å². The molecule has 1 aliphatic rings. The van der Waals surface area contributed by atoms with E-state index in [9.17, 15) is 19.1 Å². The van der Waals surface area contributed by atoms with E-state index >= 15 is 0 Å². The first kappa shape index (κ1) is 19.0. The summed E-state index contributed by atoms with van der Waals surface area (Å²) >= 11 is 0. The van der Waals surface area contributed by atoms with Gasteiger partial charge in [-0.1, -0.05) is 0 Å². The Kier molecular flexibility index (Phi) is 4.99. The number of carbonyl (C=O) groups is 2. The molecule has 0 fully saturated rings. The van der Waals surface area contributed by atoms with Crippen molar-refractivity contribution in [3.05, 3.63) is 65.0 Å². The third kappa shape index (κ3) is 3.70. The molecule has 2 atom stereocenters. The normalized spacial score (nSPS) is 20.3. The highest BCUT2D eigenvalue weighted by Gasteiger charge is 2.43. The zero-order chi connectivity index (χ0) is 19.8. The fourth-order valence-electron chi connectivity index (χ4n) is 3.05. The molecule has 0 radical (unpaired) electrons. The zero-order valence-corrected chi connectivity index (χ0v) is 14.9. The van der Waals surface area contributed by atoms with E-state index in [-0.39, 0.29) is 11.1 Å². The van der Waals surface area contributed by atoms with E-state index in [1.807, 2.05) is 0 Å². The van der Waals surface area contributed by atoms with Gasteiger partial charge in [0, 0.05) is 16.7 Å². The number of Topliss-reactive ketones (excluding diaryl/α,β-unsaturated/α-hetero) is 1. The van der Waals surface area contributed by atoms with Crippen LogP contribution in [0.3, 0.4) is 0 Å². The molecule has 0 aromatic heterocycles. The standard InChI is InChI=1S/C20H20FNO5/c1-20(2)18(25)17(22-19(26)11-3-6-13(21)7-4-11)14-9-12(15(24)10-23)5-8-16(14)27-20/h3-9,17-18,23,25H,10H2,1-2H3,(H,22,26). The van der Waals surface area contributed by atoms with E-state index in [2.05, 4.69) is 5.32 Å². The fourth-order valence-corrected chi connectivity index (χ4v) is 3.05. The second-order valence-electron chi connectivity index (χ2n) is 6.94. The van der Waals surface area contributed by atoms with Crippen LogP contribution in [0.5, 0.6) is 5.75 Å². The van der Waals surface area contributed by atoms with Crippen molar-refractivity contribution in [2.24, 2.45) is 0 Å². The van der Waals surface area contributed by atoms with E-state index < -0.39 is 41.9 Å². The Bertz CT molecular complexity index is 878. The maximum atomic E-state index is 13.1. The van der Waals surface area contributed by atoms with Crippen molar-refractivity contribution in [1.82, 2.24) is 5.32 Å². The van der Waals surface area contributed by atoms with Gasteiger partial charge in [0.25, 0.3) is 5.91 Å². The Hall–Kier alpha value is -2.77. The van der Waals surface area contributed by atoms with Crippen LogP contribution in [0.4, 0.5) is 4.39 Å². The Labute approximate surface area is 155 Å². The first-order valence-corrected chi connectivity index (χ1v) is 8.44. The van der Waals surface area contributed by atoms with Crippen LogP contribution in [-0.2, 0) is 0 Å². The van der Waals surface area contributed by atoms with E-state index in [0.29, 0.717) is 11.3 Å². The number of ether oxygens (including phenoxy) is 1. The summed E-state index contributed by atoms with van der Waals surface area (Å²) in [6, 6.07) is 8.75. The number of amides is 1. The smallest absolute Gasteiger partial charge is 0.251 e. The Balaban J connectivity index is 1.98. The molecule has 0 bridgehead atoms. The van der Waals surface area contributed by atoms with Crippen molar-refractivity contribution in [1.29, 1.82) is 0 Å². The summed E-state index contributed by atoms with van der Waals surface area (Å²) in [7, 11) is 0. The lowest BCUT2D eigenvalue weighted by Gasteiger charge is -2.42. The number of halogens is 1. The van der Waals surface area contributed by atoms with Crippen molar-refractivity contribution in [3.8, 4) is 5.75 Å². The Morgan fingerprint density at radius 1 is 1.15 bits per heavy atom. The molecule has 3 N–H and O–H groups in total. The third-order valence-corrected chi connectivity index (χ3v) is 4.60. The van der Waals surface area contributed by atoms with Crippen molar-refractivity contribution in [2.45, 2.75) is 31.6 Å². The average molecular weight is 373 g/mol. The number of ketones is 1. The number of hydrogen-bond donors (Lipinski definition) is 3. The van der Waals surface area contributed by atoms with Gasteiger partial charge in [-0.05, 0) is 56.3 Å². The monoisotopic (exact) mass is 373 g/mol. The fraction of sp³-hybridized carbons (Fsp3) is 0.300. The Morgan fingerprint density at radius 3 is 2.41 bits per heavy atom. The minimum atomic E-state index is -1.10. The van der Waals surface area contributed by atoms with Gasteiger partial charge >= 0.3 is 0 Å². The van der Waals surface area contributed by atoms with Crippen LogP contribution in [0.25, 0.3) is 0 Å². The number of benzene rings is 2. The van der Waals surface area contributed by atoms with Crippen LogP contribution in [0.15, 0.2) is 42.5 Å². The number of fused-ring (bicyclic) bond motifs is 1. The summed E-state index contributed by atoms with van der Waals surface area (Å²) < 4.78 is 18.9. The highest BCUT2D eigenvalue weighted by atomic mass is 19.1. The largest absolute Gasteiger partial charge is 0.485 e. The van der Waals surface area contributed by atoms with Gasteiger partial charge in [0.05, 0.1) is 6.04 Å². The van der Waals surface area contributed by atoms with Crippen LogP contribution in [0.1, 0.15) is 46.2 Å². The van der Waals surface area contributed by atoms with Crippen molar-refractivity contribution in [3.63, 3.8) is 0 Å². The molecule has 2 aromatic rings. The SMILES string of the molecule is CC1(C)Oc2ccc(C(=O)CO)cc2C(NC(=O)c2ccc(F)cc2)C1O. The number of carbonyl (C=O) groups excluding carboxylic acids is 2. The minimum absolute atomic E-state index is 0.233. The lowest BCUT2D eigenvalue weighted by atomic mass is 9.85. The van der Waals surface area contributed by atoms with Crippen LogP contribution in [0.2, 0.25) is 0 Å². The molecule has 6 nitrogen and oxygen atoms in total. The average Bonchev–Trinajstić information content (AvgIpc) is 2.64. The van der Waals surface area contributed by atoms with Crippen molar-refractivity contribution in [2.75, 3.05) is 6.61 Å². The summed E-state index contributed by atoms with van der Waals surface area (Å²) in [5.74, 6) is -1.03. The topological polar surface area (TPSA) is 95.9 Å². The van der Waals surface area contributed by atoms with E-state index in [4.69, 9.17) is 9.84 Å². The molecule has 0 saturated heterocycles. The molecule has 1 aliphatic heterocycles. The summed E-state index contributed by atoms with van der Waals surface area (Å²) in [6.07, 6.45) is -1.10. The lowest BCUT2D eigenvalue weighted by Crippen LogP contribution is -2.53. The molecule has 2 aromatic carbocycles. The second kappa shape index (κ2) is 7.09.